The Morgan fingerprint density at radius 2 is 1.67 bits per heavy atom. The molecule has 0 aromatic heterocycles. The molecule has 2 atom stereocenters. The van der Waals surface area contributed by atoms with E-state index in [1.54, 1.807) is 14.2 Å². The zero-order valence-corrected chi connectivity index (χ0v) is 13.3. The summed E-state index contributed by atoms with van der Waals surface area (Å²) in [6, 6.07) is 5.54. The highest BCUT2D eigenvalue weighted by atomic mass is 32.2. The average molecular weight is 310 g/mol. The van der Waals surface area contributed by atoms with Gasteiger partial charge in [0.25, 0.3) is 0 Å². The predicted molar refractivity (Wildman–Crippen MR) is 82.2 cm³/mol. The molecular formula is C16H22O4S. The molecule has 1 aromatic rings. The molecule has 2 fully saturated rings. The lowest BCUT2D eigenvalue weighted by molar-refractivity contribution is 0.00247. The molecule has 2 unspecified atom stereocenters. The molecular weight excluding hydrogens is 288 g/mol. The number of aliphatic hydroxyl groups is 1. The van der Waals surface area contributed by atoms with E-state index < -0.39 is 16.4 Å². The van der Waals surface area contributed by atoms with E-state index in [9.17, 15) is 9.32 Å². The van der Waals surface area contributed by atoms with Gasteiger partial charge in [0.2, 0.25) is 0 Å². The van der Waals surface area contributed by atoms with Crippen molar-refractivity contribution in [3.05, 3.63) is 23.8 Å². The zero-order valence-electron chi connectivity index (χ0n) is 12.5. The lowest BCUT2D eigenvalue weighted by Gasteiger charge is -2.44. The van der Waals surface area contributed by atoms with Crippen molar-refractivity contribution in [3.63, 3.8) is 0 Å². The predicted octanol–water partition coefficient (Wildman–Crippen LogP) is 2.36. The summed E-state index contributed by atoms with van der Waals surface area (Å²) in [7, 11) is 2.39. The Bertz CT molecular complexity index is 519. The second-order valence-electron chi connectivity index (χ2n) is 5.98. The summed E-state index contributed by atoms with van der Waals surface area (Å²) in [5.41, 5.74) is -0.301. The van der Waals surface area contributed by atoms with E-state index in [4.69, 9.17) is 9.47 Å². The molecule has 21 heavy (non-hydrogen) atoms. The summed E-state index contributed by atoms with van der Waals surface area (Å²) < 4.78 is 23.3. The maximum Gasteiger partial charge on any atom is 0.128 e. The van der Waals surface area contributed by atoms with Crippen LogP contribution in [0, 0.1) is 0 Å². The van der Waals surface area contributed by atoms with Gasteiger partial charge in [-0.25, -0.2) is 0 Å². The van der Waals surface area contributed by atoms with Gasteiger partial charge in [0.1, 0.15) is 11.5 Å². The summed E-state index contributed by atoms with van der Waals surface area (Å²) >= 11 is 0. The highest BCUT2D eigenvalue weighted by Gasteiger charge is 2.48. The van der Waals surface area contributed by atoms with Crippen molar-refractivity contribution in [1.29, 1.82) is 0 Å². The largest absolute Gasteiger partial charge is 0.496 e. The molecule has 1 aromatic carbocycles. The summed E-state index contributed by atoms with van der Waals surface area (Å²) in [4.78, 5) is 0. The lowest BCUT2D eigenvalue weighted by Crippen LogP contribution is -2.47. The molecule has 5 heteroatoms. The Kier molecular flexibility index (Phi) is 3.97. The van der Waals surface area contributed by atoms with E-state index in [2.05, 4.69) is 0 Å². The van der Waals surface area contributed by atoms with Crippen LogP contribution in [0.25, 0.3) is 0 Å². The Morgan fingerprint density at radius 3 is 2.14 bits per heavy atom. The van der Waals surface area contributed by atoms with Crippen molar-refractivity contribution in [2.75, 3.05) is 14.2 Å². The number of hydrogen-bond acceptors (Lipinski definition) is 4. The van der Waals surface area contributed by atoms with Gasteiger partial charge >= 0.3 is 0 Å². The van der Waals surface area contributed by atoms with Crippen LogP contribution in [0.5, 0.6) is 11.5 Å². The molecule has 0 saturated carbocycles. The molecule has 116 valence electrons. The molecule has 2 saturated heterocycles. The first-order chi connectivity index (χ1) is 10.1. The van der Waals surface area contributed by atoms with Gasteiger partial charge in [-0.05, 0) is 37.8 Å². The fraction of sp³-hybridized carbons (Fsp3) is 0.625. The first-order valence-electron chi connectivity index (χ1n) is 7.42. The molecule has 2 aliphatic heterocycles. The molecule has 0 spiro atoms. The van der Waals surface area contributed by atoms with Crippen molar-refractivity contribution < 1.29 is 18.8 Å². The van der Waals surface area contributed by atoms with E-state index in [0.29, 0.717) is 29.9 Å². The maximum atomic E-state index is 12.4. The molecule has 3 rings (SSSR count). The van der Waals surface area contributed by atoms with Crippen LogP contribution in [-0.4, -0.2) is 34.0 Å². The van der Waals surface area contributed by atoms with Crippen LogP contribution >= 0.6 is 0 Å². The molecule has 0 aliphatic carbocycles. The number of ether oxygens (including phenoxy) is 2. The lowest BCUT2D eigenvalue weighted by atomic mass is 9.79. The molecule has 2 bridgehead atoms. The molecule has 2 heterocycles. The van der Waals surface area contributed by atoms with Crippen molar-refractivity contribution in [1.82, 2.24) is 0 Å². The number of fused-ring (bicyclic) bond motifs is 2. The molecule has 2 aliphatic rings. The normalized spacial score (nSPS) is 35.3. The molecule has 0 radical (unpaired) electrons. The SMILES string of the molecule is COc1cccc(OC)c1C1(O)CC2CCCC(C1)S2=O. The first-order valence-corrected chi connectivity index (χ1v) is 8.70. The van der Waals surface area contributed by atoms with Crippen LogP contribution in [0.3, 0.4) is 0 Å². The van der Waals surface area contributed by atoms with Crippen LogP contribution in [0.1, 0.15) is 37.7 Å². The Labute approximate surface area is 127 Å². The summed E-state index contributed by atoms with van der Waals surface area (Å²) in [5, 5.41) is 11.5. The average Bonchev–Trinajstić information content (AvgIpc) is 2.48. The minimum absolute atomic E-state index is 0.0807. The second-order valence-corrected chi connectivity index (χ2v) is 7.97. The van der Waals surface area contributed by atoms with Crippen molar-refractivity contribution in [2.45, 2.75) is 48.2 Å². The van der Waals surface area contributed by atoms with Gasteiger partial charge in [-0.1, -0.05) is 12.5 Å². The minimum atomic E-state index is -1.01. The summed E-state index contributed by atoms with van der Waals surface area (Å²) in [5.74, 6) is 1.28. The van der Waals surface area contributed by atoms with Crippen LogP contribution in [0.15, 0.2) is 18.2 Å². The summed E-state index contributed by atoms with van der Waals surface area (Å²) in [6.07, 6.45) is 4.02. The Balaban J connectivity index is 2.05. The third-order valence-corrected chi connectivity index (χ3v) is 6.85. The van der Waals surface area contributed by atoms with Gasteiger partial charge in [-0.2, -0.15) is 0 Å². The smallest absolute Gasteiger partial charge is 0.128 e. The van der Waals surface area contributed by atoms with Gasteiger partial charge in [0.05, 0.1) is 25.4 Å². The second kappa shape index (κ2) is 5.61. The maximum absolute atomic E-state index is 12.4. The molecule has 1 N–H and O–H groups in total. The van der Waals surface area contributed by atoms with Crippen LogP contribution < -0.4 is 9.47 Å². The highest BCUT2D eigenvalue weighted by molar-refractivity contribution is 7.86. The van der Waals surface area contributed by atoms with E-state index in [-0.39, 0.29) is 10.5 Å². The standard InChI is InChI=1S/C16H22O4S/c1-19-13-7-4-8-14(20-2)15(13)16(17)9-11-5-3-6-12(10-16)21(11)18/h4,7-8,11-12,17H,3,5-6,9-10H2,1-2H3. The van der Waals surface area contributed by atoms with Gasteiger partial charge in [0, 0.05) is 21.3 Å². The zero-order chi connectivity index (χ0) is 15.0. The monoisotopic (exact) mass is 310 g/mol. The van der Waals surface area contributed by atoms with Gasteiger partial charge in [0.15, 0.2) is 0 Å². The van der Waals surface area contributed by atoms with Gasteiger partial charge in [-0.3, -0.25) is 4.21 Å². The number of benzene rings is 1. The van der Waals surface area contributed by atoms with Crippen molar-refractivity contribution in [2.24, 2.45) is 0 Å². The van der Waals surface area contributed by atoms with E-state index in [1.807, 2.05) is 18.2 Å². The van der Waals surface area contributed by atoms with E-state index in [1.165, 1.54) is 0 Å². The number of rotatable bonds is 3. The summed E-state index contributed by atoms with van der Waals surface area (Å²) in [6.45, 7) is 0. The van der Waals surface area contributed by atoms with E-state index >= 15 is 0 Å². The fourth-order valence-electron chi connectivity index (χ4n) is 3.80. The number of hydrogen-bond donors (Lipinski definition) is 1. The van der Waals surface area contributed by atoms with Crippen molar-refractivity contribution >= 4 is 10.8 Å². The third-order valence-electron chi connectivity index (χ3n) is 4.73. The van der Waals surface area contributed by atoms with Crippen LogP contribution in [0.4, 0.5) is 0 Å². The topological polar surface area (TPSA) is 55.8 Å². The van der Waals surface area contributed by atoms with Gasteiger partial charge in [-0.15, -0.1) is 0 Å². The highest BCUT2D eigenvalue weighted by Crippen LogP contribution is 2.49. The Hall–Kier alpha value is -1.07. The number of methoxy groups -OCH3 is 2. The van der Waals surface area contributed by atoms with Crippen molar-refractivity contribution in [3.8, 4) is 11.5 Å². The van der Waals surface area contributed by atoms with Gasteiger partial charge < -0.3 is 14.6 Å². The third kappa shape index (κ3) is 2.46. The van der Waals surface area contributed by atoms with E-state index in [0.717, 1.165) is 19.3 Å². The minimum Gasteiger partial charge on any atom is -0.496 e. The fourth-order valence-corrected chi connectivity index (χ4v) is 6.02. The quantitative estimate of drug-likeness (QED) is 0.931. The molecule has 0 amide bonds. The Morgan fingerprint density at radius 1 is 1.14 bits per heavy atom. The first kappa shape index (κ1) is 14.9. The van der Waals surface area contributed by atoms with Crippen LogP contribution in [-0.2, 0) is 16.4 Å². The van der Waals surface area contributed by atoms with Crippen LogP contribution in [0.2, 0.25) is 0 Å². The molecule has 4 nitrogen and oxygen atoms in total.